The first-order chi connectivity index (χ1) is 12.6. The summed E-state index contributed by atoms with van der Waals surface area (Å²) in [6, 6.07) is 9.39. The van der Waals surface area contributed by atoms with Gasteiger partial charge in [0, 0.05) is 6.42 Å². The molecule has 0 saturated carbocycles. The van der Waals surface area contributed by atoms with E-state index in [1.54, 1.807) is 13.2 Å². The normalized spacial score (nSPS) is 14.7. The fraction of sp³-hybridized carbons (Fsp3) is 0.444. The Bertz CT molecular complexity index is 643. The van der Waals surface area contributed by atoms with Crippen molar-refractivity contribution in [2.24, 2.45) is 0 Å². The molecule has 0 amide bonds. The predicted octanol–water partition coefficient (Wildman–Crippen LogP) is 0.775. The Hall–Kier alpha value is -1.68. The van der Waals surface area contributed by atoms with Gasteiger partial charge in [0.2, 0.25) is 6.29 Å². The summed E-state index contributed by atoms with van der Waals surface area (Å²) in [6.07, 6.45) is -3.47. The minimum absolute atomic E-state index is 0.0716. The molecule has 2 rings (SSSR count). The molecule has 1 aromatic carbocycles. The lowest BCUT2D eigenvalue weighted by molar-refractivity contribution is -0.182. The van der Waals surface area contributed by atoms with Crippen molar-refractivity contribution in [3.05, 3.63) is 46.2 Å². The van der Waals surface area contributed by atoms with Crippen LogP contribution in [-0.2, 0) is 11.2 Å². The van der Waals surface area contributed by atoms with E-state index >= 15 is 0 Å². The summed E-state index contributed by atoms with van der Waals surface area (Å²) in [6.45, 7) is -0.964. The van der Waals surface area contributed by atoms with E-state index < -0.39 is 25.1 Å². The molecular weight excluding hydrogens is 360 g/mol. The second-order valence-corrected chi connectivity index (χ2v) is 6.55. The average molecular weight is 384 g/mol. The molecule has 1 aromatic heterocycles. The van der Waals surface area contributed by atoms with Crippen LogP contribution in [0.2, 0.25) is 0 Å². The topological polar surface area (TPSA) is 109 Å². The number of methoxy groups -OCH3 is 1. The molecule has 7 nitrogen and oxygen atoms in total. The van der Waals surface area contributed by atoms with Crippen molar-refractivity contribution in [1.82, 2.24) is 0 Å². The number of hydrogen-bond donors (Lipinski definition) is 4. The van der Waals surface area contributed by atoms with Gasteiger partial charge in [0.25, 0.3) is 0 Å². The van der Waals surface area contributed by atoms with Crippen molar-refractivity contribution in [3.8, 4) is 11.5 Å². The van der Waals surface area contributed by atoms with Gasteiger partial charge < -0.3 is 34.6 Å². The number of benzene rings is 1. The molecule has 144 valence electrons. The van der Waals surface area contributed by atoms with Gasteiger partial charge in [0.05, 0.1) is 31.8 Å². The maximum absolute atomic E-state index is 10.1. The first kappa shape index (κ1) is 20.6. The molecule has 2 aromatic rings. The second kappa shape index (κ2) is 10.5. The third kappa shape index (κ3) is 5.66. The number of aliphatic hydroxyl groups is 4. The smallest absolute Gasteiger partial charge is 0.228 e. The van der Waals surface area contributed by atoms with E-state index in [0.717, 1.165) is 16.2 Å². The van der Waals surface area contributed by atoms with Crippen molar-refractivity contribution in [2.45, 2.75) is 24.9 Å². The lowest BCUT2D eigenvalue weighted by Crippen LogP contribution is -2.44. The Kier molecular flexibility index (Phi) is 8.30. The van der Waals surface area contributed by atoms with Crippen molar-refractivity contribution >= 4 is 11.3 Å². The van der Waals surface area contributed by atoms with Crippen molar-refractivity contribution in [3.63, 3.8) is 0 Å². The van der Waals surface area contributed by atoms with E-state index in [0.29, 0.717) is 12.2 Å². The van der Waals surface area contributed by atoms with Gasteiger partial charge in [0.1, 0.15) is 23.7 Å². The van der Waals surface area contributed by atoms with Gasteiger partial charge in [-0.15, -0.1) is 11.3 Å². The van der Waals surface area contributed by atoms with Crippen LogP contribution in [0, 0.1) is 0 Å². The molecule has 0 radical (unpaired) electrons. The fourth-order valence-electron chi connectivity index (χ4n) is 2.28. The SMILES string of the molecule is COc1ccc(Cc2sccc2OC(OCCO)C(O)C(O)CO)cc1. The van der Waals surface area contributed by atoms with E-state index in [4.69, 9.17) is 24.4 Å². The molecule has 0 aliphatic carbocycles. The van der Waals surface area contributed by atoms with Crippen molar-refractivity contribution < 1.29 is 34.6 Å². The van der Waals surface area contributed by atoms with Crippen LogP contribution in [0.1, 0.15) is 10.4 Å². The summed E-state index contributed by atoms with van der Waals surface area (Å²) in [7, 11) is 1.61. The van der Waals surface area contributed by atoms with Crippen LogP contribution in [0.3, 0.4) is 0 Å². The maximum atomic E-state index is 10.1. The Balaban J connectivity index is 2.10. The number of thiophene rings is 1. The zero-order valence-electron chi connectivity index (χ0n) is 14.4. The molecular formula is C18H24O7S. The Morgan fingerprint density at radius 1 is 1.08 bits per heavy atom. The number of aliphatic hydroxyl groups excluding tert-OH is 4. The Morgan fingerprint density at radius 3 is 2.42 bits per heavy atom. The van der Waals surface area contributed by atoms with Crippen LogP contribution in [0.15, 0.2) is 35.7 Å². The van der Waals surface area contributed by atoms with Gasteiger partial charge in [-0.1, -0.05) is 12.1 Å². The number of hydrogen-bond acceptors (Lipinski definition) is 8. The van der Waals surface area contributed by atoms with Crippen LogP contribution in [0.5, 0.6) is 11.5 Å². The lowest BCUT2D eigenvalue weighted by Gasteiger charge is -2.26. The molecule has 4 N–H and O–H groups in total. The standard InChI is InChI=1S/C18H24O7S/c1-23-13-4-2-12(3-5-13)10-16-15(6-9-26-16)25-18(24-8-7-19)17(22)14(21)11-20/h2-6,9,14,17-22H,7-8,10-11H2,1H3. The molecule has 26 heavy (non-hydrogen) atoms. The summed E-state index contributed by atoms with van der Waals surface area (Å²) in [5.41, 5.74) is 1.06. The molecule has 3 atom stereocenters. The third-order valence-electron chi connectivity index (χ3n) is 3.70. The molecule has 0 aliphatic heterocycles. The monoisotopic (exact) mass is 384 g/mol. The largest absolute Gasteiger partial charge is 0.497 e. The van der Waals surface area contributed by atoms with E-state index in [-0.39, 0.29) is 13.2 Å². The second-order valence-electron chi connectivity index (χ2n) is 5.55. The molecule has 0 aliphatic rings. The van der Waals surface area contributed by atoms with Gasteiger partial charge in [0.15, 0.2) is 0 Å². The molecule has 0 fully saturated rings. The highest BCUT2D eigenvalue weighted by Crippen LogP contribution is 2.29. The van der Waals surface area contributed by atoms with Gasteiger partial charge >= 0.3 is 0 Å². The minimum atomic E-state index is -1.46. The number of ether oxygens (including phenoxy) is 3. The first-order valence-corrected chi connectivity index (χ1v) is 9.02. The molecule has 0 spiro atoms. The maximum Gasteiger partial charge on any atom is 0.228 e. The average Bonchev–Trinajstić information content (AvgIpc) is 3.11. The van der Waals surface area contributed by atoms with E-state index in [1.165, 1.54) is 11.3 Å². The Labute approximate surface area is 156 Å². The summed E-state index contributed by atoms with van der Waals surface area (Å²) in [5, 5.41) is 39.5. The highest BCUT2D eigenvalue weighted by atomic mass is 32.1. The molecule has 0 saturated heterocycles. The summed E-state index contributed by atoms with van der Waals surface area (Å²) >= 11 is 1.49. The molecule has 1 heterocycles. The van der Waals surface area contributed by atoms with Gasteiger partial charge in [-0.2, -0.15) is 0 Å². The molecule has 8 heteroatoms. The summed E-state index contributed by atoms with van der Waals surface area (Å²) < 4.78 is 16.1. The highest BCUT2D eigenvalue weighted by Gasteiger charge is 2.29. The quantitative estimate of drug-likeness (QED) is 0.424. The highest BCUT2D eigenvalue weighted by molar-refractivity contribution is 7.10. The zero-order valence-corrected chi connectivity index (χ0v) is 15.3. The van der Waals surface area contributed by atoms with Crippen LogP contribution in [-0.4, -0.2) is 65.9 Å². The first-order valence-electron chi connectivity index (χ1n) is 8.14. The molecule has 3 unspecified atom stereocenters. The molecule has 0 bridgehead atoms. The third-order valence-corrected chi connectivity index (χ3v) is 4.61. The van der Waals surface area contributed by atoms with Gasteiger partial charge in [-0.3, -0.25) is 0 Å². The van der Waals surface area contributed by atoms with E-state index in [2.05, 4.69) is 0 Å². The summed E-state index contributed by atoms with van der Waals surface area (Å²) in [4.78, 5) is 0.915. The van der Waals surface area contributed by atoms with Crippen LogP contribution >= 0.6 is 11.3 Å². The number of rotatable bonds is 11. The van der Waals surface area contributed by atoms with Crippen LogP contribution in [0.4, 0.5) is 0 Å². The predicted molar refractivity (Wildman–Crippen MR) is 96.7 cm³/mol. The van der Waals surface area contributed by atoms with E-state index in [9.17, 15) is 10.2 Å². The summed E-state index contributed by atoms with van der Waals surface area (Å²) in [5.74, 6) is 1.29. The van der Waals surface area contributed by atoms with Gasteiger partial charge in [-0.25, -0.2) is 0 Å². The van der Waals surface area contributed by atoms with Crippen molar-refractivity contribution in [1.29, 1.82) is 0 Å². The van der Waals surface area contributed by atoms with Gasteiger partial charge in [-0.05, 0) is 29.1 Å². The zero-order chi connectivity index (χ0) is 18.9. The van der Waals surface area contributed by atoms with Crippen LogP contribution < -0.4 is 9.47 Å². The Morgan fingerprint density at radius 2 is 1.81 bits per heavy atom. The lowest BCUT2D eigenvalue weighted by atomic mass is 10.1. The van der Waals surface area contributed by atoms with E-state index in [1.807, 2.05) is 29.6 Å². The van der Waals surface area contributed by atoms with Crippen molar-refractivity contribution in [2.75, 3.05) is 26.9 Å². The van der Waals surface area contributed by atoms with Crippen LogP contribution in [0.25, 0.3) is 0 Å². The minimum Gasteiger partial charge on any atom is -0.497 e. The fourth-order valence-corrected chi connectivity index (χ4v) is 3.12.